The zero-order valence-electron chi connectivity index (χ0n) is 12.4. The fourth-order valence-electron chi connectivity index (χ4n) is 3.72. The van der Waals surface area contributed by atoms with Gasteiger partial charge in [-0.25, -0.2) is 0 Å². The van der Waals surface area contributed by atoms with Crippen LogP contribution in [0.4, 0.5) is 0 Å². The van der Waals surface area contributed by atoms with Crippen LogP contribution in [0.15, 0.2) is 66.7 Å². The molecule has 1 atom stereocenters. The average molecular weight is 270 g/mol. The Hall–Kier alpha value is -2.34. The van der Waals surface area contributed by atoms with E-state index in [-0.39, 0.29) is 0 Å². The molecule has 1 aliphatic carbocycles. The Morgan fingerprint density at radius 1 is 0.714 bits per heavy atom. The molecule has 1 unspecified atom stereocenters. The highest BCUT2D eigenvalue weighted by Crippen LogP contribution is 2.49. The molecule has 0 saturated heterocycles. The Balaban J connectivity index is 2.05. The van der Waals surface area contributed by atoms with Crippen LogP contribution in [0.5, 0.6) is 0 Å². The van der Waals surface area contributed by atoms with Gasteiger partial charge in [0, 0.05) is 5.92 Å². The van der Waals surface area contributed by atoms with Crippen LogP contribution < -0.4 is 0 Å². The van der Waals surface area contributed by atoms with Crippen molar-refractivity contribution in [3.8, 4) is 22.3 Å². The zero-order chi connectivity index (χ0) is 14.4. The summed E-state index contributed by atoms with van der Waals surface area (Å²) in [5.74, 6) is 0.486. The monoisotopic (exact) mass is 270 g/mol. The summed E-state index contributed by atoms with van der Waals surface area (Å²) >= 11 is 0. The van der Waals surface area contributed by atoms with E-state index in [2.05, 4.69) is 80.6 Å². The average Bonchev–Trinajstić information content (AvgIpc) is 2.83. The van der Waals surface area contributed by atoms with E-state index in [9.17, 15) is 0 Å². The van der Waals surface area contributed by atoms with Crippen LogP contribution in [0.1, 0.15) is 29.5 Å². The molecule has 0 aliphatic heterocycles. The number of hydrogen-bond donors (Lipinski definition) is 0. The van der Waals surface area contributed by atoms with Crippen LogP contribution in [0.25, 0.3) is 22.3 Å². The summed E-state index contributed by atoms with van der Waals surface area (Å²) in [6, 6.07) is 24.1. The predicted molar refractivity (Wildman–Crippen MR) is 89.6 cm³/mol. The second-order valence-corrected chi connectivity index (χ2v) is 5.89. The Kier molecular flexibility index (Phi) is 2.71. The van der Waals surface area contributed by atoms with Gasteiger partial charge in [0.2, 0.25) is 0 Å². The van der Waals surface area contributed by atoms with Gasteiger partial charge in [0.1, 0.15) is 0 Å². The molecule has 0 nitrogen and oxygen atoms in total. The van der Waals surface area contributed by atoms with Gasteiger partial charge in [-0.2, -0.15) is 0 Å². The van der Waals surface area contributed by atoms with Crippen molar-refractivity contribution in [2.45, 2.75) is 19.8 Å². The summed E-state index contributed by atoms with van der Waals surface area (Å²) in [6.07, 6.45) is 0. The maximum atomic E-state index is 2.33. The minimum absolute atomic E-state index is 0.486. The minimum atomic E-state index is 0.486. The van der Waals surface area contributed by atoms with Crippen LogP contribution in [0.3, 0.4) is 0 Å². The maximum absolute atomic E-state index is 2.33. The highest BCUT2D eigenvalue weighted by atomic mass is 14.3. The third kappa shape index (κ3) is 1.76. The molecule has 3 aromatic rings. The van der Waals surface area contributed by atoms with E-state index in [1.54, 1.807) is 0 Å². The van der Waals surface area contributed by atoms with Crippen LogP contribution in [-0.4, -0.2) is 0 Å². The van der Waals surface area contributed by atoms with E-state index in [0.29, 0.717) is 5.92 Å². The van der Waals surface area contributed by atoms with Crippen LogP contribution >= 0.6 is 0 Å². The van der Waals surface area contributed by atoms with Crippen molar-refractivity contribution in [2.24, 2.45) is 0 Å². The Morgan fingerprint density at radius 2 is 1.43 bits per heavy atom. The summed E-state index contributed by atoms with van der Waals surface area (Å²) < 4.78 is 0. The lowest BCUT2D eigenvalue weighted by Crippen LogP contribution is -1.92. The van der Waals surface area contributed by atoms with Gasteiger partial charge >= 0.3 is 0 Å². The molecule has 1 aliphatic rings. The van der Waals surface area contributed by atoms with Gasteiger partial charge in [-0.05, 0) is 45.9 Å². The highest BCUT2D eigenvalue weighted by molar-refractivity contribution is 5.91. The van der Waals surface area contributed by atoms with Gasteiger partial charge in [0.25, 0.3) is 0 Å². The van der Waals surface area contributed by atoms with E-state index in [1.807, 2.05) is 0 Å². The van der Waals surface area contributed by atoms with E-state index in [1.165, 1.54) is 38.9 Å². The van der Waals surface area contributed by atoms with Gasteiger partial charge in [-0.15, -0.1) is 0 Å². The van der Waals surface area contributed by atoms with E-state index >= 15 is 0 Å². The molecular weight excluding hydrogens is 252 g/mol. The quantitative estimate of drug-likeness (QED) is 0.524. The third-order valence-electron chi connectivity index (χ3n) is 4.67. The van der Waals surface area contributed by atoms with Crippen molar-refractivity contribution in [1.29, 1.82) is 0 Å². The molecule has 0 aromatic heterocycles. The van der Waals surface area contributed by atoms with Crippen molar-refractivity contribution in [3.63, 3.8) is 0 Å². The first-order chi connectivity index (χ1) is 10.3. The van der Waals surface area contributed by atoms with Gasteiger partial charge < -0.3 is 0 Å². The largest absolute Gasteiger partial charge is 0.0622 e. The molecule has 21 heavy (non-hydrogen) atoms. The molecule has 0 N–H and O–H groups in total. The molecule has 0 amide bonds. The fourth-order valence-corrected chi connectivity index (χ4v) is 3.72. The predicted octanol–water partition coefficient (Wildman–Crippen LogP) is 5.79. The van der Waals surface area contributed by atoms with Crippen molar-refractivity contribution < 1.29 is 0 Å². The van der Waals surface area contributed by atoms with Crippen LogP contribution in [-0.2, 0) is 0 Å². The lowest BCUT2D eigenvalue weighted by molar-refractivity contribution is 0.944. The van der Waals surface area contributed by atoms with Gasteiger partial charge in [0.05, 0.1) is 0 Å². The molecule has 0 heterocycles. The van der Waals surface area contributed by atoms with Crippen molar-refractivity contribution in [2.75, 3.05) is 0 Å². The number of benzene rings is 3. The van der Waals surface area contributed by atoms with Crippen molar-refractivity contribution in [1.82, 2.24) is 0 Å². The van der Waals surface area contributed by atoms with Crippen LogP contribution in [0, 0.1) is 6.92 Å². The molecule has 0 fully saturated rings. The smallest absolute Gasteiger partial charge is 0.00761 e. The normalized spacial score (nSPS) is 15.6. The van der Waals surface area contributed by atoms with Crippen molar-refractivity contribution in [3.05, 3.63) is 83.4 Å². The summed E-state index contributed by atoms with van der Waals surface area (Å²) in [4.78, 5) is 0. The Labute approximate surface area is 126 Å². The topological polar surface area (TPSA) is 0 Å². The second kappa shape index (κ2) is 4.60. The first kappa shape index (κ1) is 12.4. The second-order valence-electron chi connectivity index (χ2n) is 5.89. The molecule has 0 radical (unpaired) electrons. The lowest BCUT2D eigenvalue weighted by atomic mass is 9.93. The van der Waals surface area contributed by atoms with Gasteiger partial charge in [0.15, 0.2) is 0 Å². The molecule has 3 aromatic carbocycles. The molecular formula is C21H18. The Morgan fingerprint density at radius 3 is 2.24 bits per heavy atom. The number of rotatable bonds is 1. The lowest BCUT2D eigenvalue weighted by Gasteiger charge is -2.10. The summed E-state index contributed by atoms with van der Waals surface area (Å²) in [5.41, 5.74) is 9.85. The molecule has 4 rings (SSSR count). The van der Waals surface area contributed by atoms with E-state index in [4.69, 9.17) is 0 Å². The maximum Gasteiger partial charge on any atom is 0.00761 e. The molecule has 0 saturated carbocycles. The van der Waals surface area contributed by atoms with E-state index in [0.717, 1.165) is 0 Å². The van der Waals surface area contributed by atoms with Gasteiger partial charge in [-0.3, -0.25) is 0 Å². The SMILES string of the molecule is Cc1cccc2c1C(C)c1cccc(-c3ccccc3)c1-2. The standard InChI is InChI=1S/C21H18/c1-14-8-6-13-19-20(14)15(2)17-11-7-12-18(21(17)19)16-9-4-3-5-10-16/h3-13,15H,1-2H3. The fraction of sp³-hybridized carbons (Fsp3) is 0.143. The first-order valence-electron chi connectivity index (χ1n) is 7.55. The molecule has 102 valence electrons. The van der Waals surface area contributed by atoms with Crippen LogP contribution in [0.2, 0.25) is 0 Å². The van der Waals surface area contributed by atoms with E-state index < -0.39 is 0 Å². The van der Waals surface area contributed by atoms with Crippen molar-refractivity contribution >= 4 is 0 Å². The van der Waals surface area contributed by atoms with Gasteiger partial charge in [-0.1, -0.05) is 73.7 Å². The highest BCUT2D eigenvalue weighted by Gasteiger charge is 2.28. The first-order valence-corrected chi connectivity index (χ1v) is 7.55. The summed E-state index contributed by atoms with van der Waals surface area (Å²) in [5, 5.41) is 0. The number of aryl methyl sites for hydroxylation is 1. The number of hydrogen-bond acceptors (Lipinski definition) is 0. The third-order valence-corrected chi connectivity index (χ3v) is 4.67. The number of fused-ring (bicyclic) bond motifs is 3. The molecule has 0 heteroatoms. The molecule has 0 spiro atoms. The zero-order valence-corrected chi connectivity index (χ0v) is 12.4. The summed E-state index contributed by atoms with van der Waals surface area (Å²) in [7, 11) is 0. The Bertz CT molecular complexity index is 813. The molecule has 0 bridgehead atoms. The summed E-state index contributed by atoms with van der Waals surface area (Å²) in [6.45, 7) is 4.55. The minimum Gasteiger partial charge on any atom is -0.0622 e.